The third-order valence-electron chi connectivity index (χ3n) is 4.87. The zero-order valence-corrected chi connectivity index (χ0v) is 20.4. The number of rotatable bonds is 7. The minimum atomic E-state index is -0.673. The number of halogens is 2. The molecule has 184 valence electrons. The van der Waals surface area contributed by atoms with E-state index in [1.165, 1.54) is 73.2 Å². The Morgan fingerprint density at radius 1 is 0.730 bits per heavy atom. The Morgan fingerprint density at radius 3 is 1.89 bits per heavy atom. The molecule has 4 aromatic rings. The first-order chi connectivity index (χ1) is 17.9. The van der Waals surface area contributed by atoms with Crippen molar-refractivity contribution in [3.63, 3.8) is 0 Å². The number of nitrogens with zero attached hydrogens (tertiary/aromatic N) is 2. The highest BCUT2D eigenvalue weighted by atomic mass is 35.5. The van der Waals surface area contributed by atoms with Crippen molar-refractivity contribution in [2.45, 2.75) is 0 Å². The molecule has 8 nitrogen and oxygen atoms in total. The molecule has 0 fully saturated rings. The van der Waals surface area contributed by atoms with Crippen LogP contribution in [0.15, 0.2) is 96.4 Å². The molecule has 0 spiro atoms. The molecule has 0 saturated carbocycles. The summed E-state index contributed by atoms with van der Waals surface area (Å²) in [6.45, 7) is 0. The molecule has 0 unspecified atom stereocenters. The van der Waals surface area contributed by atoms with Crippen molar-refractivity contribution < 1.29 is 23.9 Å². The minimum absolute atomic E-state index is 0.0447. The van der Waals surface area contributed by atoms with Gasteiger partial charge in [-0.1, -0.05) is 23.2 Å². The number of aromatic nitrogens is 1. The zero-order valence-electron chi connectivity index (χ0n) is 18.9. The van der Waals surface area contributed by atoms with Gasteiger partial charge in [0.15, 0.2) is 0 Å². The van der Waals surface area contributed by atoms with Crippen LogP contribution < -0.4 is 14.9 Å². The van der Waals surface area contributed by atoms with Crippen LogP contribution in [0.25, 0.3) is 0 Å². The maximum absolute atomic E-state index is 12.7. The summed E-state index contributed by atoms with van der Waals surface area (Å²) in [6.07, 6.45) is 4.27. The lowest BCUT2D eigenvalue weighted by atomic mass is 10.2. The second-order valence-electron chi connectivity index (χ2n) is 7.43. The molecule has 3 aromatic carbocycles. The van der Waals surface area contributed by atoms with E-state index in [0.717, 1.165) is 0 Å². The summed E-state index contributed by atoms with van der Waals surface area (Å²) in [6, 6.07) is 19.8. The number of hydrogen-bond donors (Lipinski definition) is 1. The predicted octanol–water partition coefficient (Wildman–Crippen LogP) is 5.59. The van der Waals surface area contributed by atoms with Crippen LogP contribution in [0.5, 0.6) is 11.5 Å². The highest BCUT2D eigenvalue weighted by Gasteiger charge is 2.15. The molecule has 0 radical (unpaired) electrons. The molecule has 0 aliphatic rings. The van der Waals surface area contributed by atoms with Crippen molar-refractivity contribution >= 4 is 47.3 Å². The van der Waals surface area contributed by atoms with E-state index in [4.69, 9.17) is 32.7 Å². The molecule has 0 aliphatic heterocycles. The van der Waals surface area contributed by atoms with Gasteiger partial charge in [0.1, 0.15) is 11.5 Å². The average Bonchev–Trinajstić information content (AvgIpc) is 2.91. The Balaban J connectivity index is 1.56. The number of carbonyl (C=O) groups excluding carboxylic acids is 3. The number of hydrazone groups is 1. The molecular weight excluding hydrogens is 517 g/mol. The van der Waals surface area contributed by atoms with Gasteiger partial charge < -0.3 is 9.47 Å². The topological polar surface area (TPSA) is 107 Å². The van der Waals surface area contributed by atoms with Crippen LogP contribution in [-0.4, -0.2) is 29.0 Å². The van der Waals surface area contributed by atoms with Gasteiger partial charge in [0.25, 0.3) is 5.91 Å². The lowest BCUT2D eigenvalue weighted by Crippen LogP contribution is -2.17. The normalized spacial score (nSPS) is 10.6. The van der Waals surface area contributed by atoms with E-state index in [1.807, 2.05) is 0 Å². The third kappa shape index (κ3) is 7.00. The van der Waals surface area contributed by atoms with Crippen LogP contribution in [0.2, 0.25) is 10.0 Å². The van der Waals surface area contributed by atoms with Crippen molar-refractivity contribution in [1.82, 2.24) is 10.4 Å². The fourth-order valence-corrected chi connectivity index (χ4v) is 3.25. The monoisotopic (exact) mass is 533 g/mol. The summed E-state index contributed by atoms with van der Waals surface area (Å²) < 4.78 is 11.0. The van der Waals surface area contributed by atoms with Crippen molar-refractivity contribution in [1.29, 1.82) is 0 Å². The van der Waals surface area contributed by atoms with Crippen LogP contribution >= 0.6 is 23.2 Å². The number of carbonyl (C=O) groups is 3. The number of amides is 1. The predicted molar refractivity (Wildman–Crippen MR) is 139 cm³/mol. The number of esters is 2. The Hall–Kier alpha value is -4.53. The quantitative estimate of drug-likeness (QED) is 0.143. The van der Waals surface area contributed by atoms with E-state index in [2.05, 4.69) is 15.5 Å². The molecule has 0 bridgehead atoms. The standard InChI is InChI=1S/C27H17Cl2N3O5/c28-21-6-1-18(2-7-21)26(34)36-23-10-5-20(16-31-32-25(33)17-11-13-30-14-12-17)24(15-23)37-27(35)19-3-8-22(29)9-4-19/h1-16H,(H,32,33)/b31-16-. The molecule has 1 aromatic heterocycles. The van der Waals surface area contributed by atoms with Gasteiger partial charge in [-0.15, -0.1) is 0 Å². The molecule has 1 amide bonds. The zero-order chi connectivity index (χ0) is 26.2. The van der Waals surface area contributed by atoms with E-state index in [9.17, 15) is 14.4 Å². The van der Waals surface area contributed by atoms with Gasteiger partial charge in [0.05, 0.1) is 17.3 Å². The second kappa shape index (κ2) is 11.9. The molecule has 0 atom stereocenters. The van der Waals surface area contributed by atoms with Crippen molar-refractivity contribution in [2.24, 2.45) is 5.10 Å². The van der Waals surface area contributed by atoms with Gasteiger partial charge in [-0.25, -0.2) is 15.0 Å². The van der Waals surface area contributed by atoms with Gasteiger partial charge in [-0.05, 0) is 72.8 Å². The van der Waals surface area contributed by atoms with E-state index >= 15 is 0 Å². The van der Waals surface area contributed by atoms with Gasteiger partial charge in [-0.2, -0.15) is 5.10 Å². The molecule has 0 saturated heterocycles. The first kappa shape index (κ1) is 25.6. The molecule has 0 aliphatic carbocycles. The van der Waals surface area contributed by atoms with E-state index < -0.39 is 17.8 Å². The number of nitrogens with one attached hydrogen (secondary N) is 1. The second-order valence-corrected chi connectivity index (χ2v) is 8.30. The Kier molecular flexibility index (Phi) is 8.25. The summed E-state index contributed by atoms with van der Waals surface area (Å²) in [5.41, 5.74) is 3.63. The molecule has 10 heteroatoms. The first-order valence-corrected chi connectivity index (χ1v) is 11.5. The van der Waals surface area contributed by atoms with E-state index in [0.29, 0.717) is 21.2 Å². The first-order valence-electron chi connectivity index (χ1n) is 10.7. The Bertz CT molecular complexity index is 1460. The summed E-state index contributed by atoms with van der Waals surface area (Å²) in [4.78, 5) is 41.3. The smallest absolute Gasteiger partial charge is 0.343 e. The van der Waals surface area contributed by atoms with Crippen molar-refractivity contribution in [2.75, 3.05) is 0 Å². The molecule has 1 heterocycles. The maximum Gasteiger partial charge on any atom is 0.343 e. The number of pyridine rings is 1. The summed E-state index contributed by atoms with van der Waals surface area (Å²) in [5, 5.41) is 4.89. The van der Waals surface area contributed by atoms with Gasteiger partial charge in [0, 0.05) is 39.6 Å². The van der Waals surface area contributed by atoms with Crippen molar-refractivity contribution in [3.05, 3.63) is 124 Å². The lowest BCUT2D eigenvalue weighted by Gasteiger charge is -2.11. The largest absolute Gasteiger partial charge is 0.423 e. The fraction of sp³-hybridized carbons (Fsp3) is 0. The highest BCUT2D eigenvalue weighted by molar-refractivity contribution is 6.31. The van der Waals surface area contributed by atoms with E-state index in [-0.39, 0.29) is 22.6 Å². The van der Waals surface area contributed by atoms with Crippen LogP contribution in [0.1, 0.15) is 36.6 Å². The summed E-state index contributed by atoms with van der Waals surface area (Å²) in [7, 11) is 0. The lowest BCUT2D eigenvalue weighted by molar-refractivity contribution is 0.0732. The summed E-state index contributed by atoms with van der Waals surface area (Å²) in [5.74, 6) is -1.59. The average molecular weight is 534 g/mol. The third-order valence-corrected chi connectivity index (χ3v) is 5.37. The maximum atomic E-state index is 12.7. The molecule has 37 heavy (non-hydrogen) atoms. The highest BCUT2D eigenvalue weighted by Crippen LogP contribution is 2.26. The summed E-state index contributed by atoms with van der Waals surface area (Å²) >= 11 is 11.8. The van der Waals surface area contributed by atoms with Gasteiger partial charge in [-0.3, -0.25) is 9.78 Å². The van der Waals surface area contributed by atoms with Gasteiger partial charge >= 0.3 is 11.9 Å². The number of ether oxygens (including phenoxy) is 2. The van der Waals surface area contributed by atoms with Crippen LogP contribution in [0.4, 0.5) is 0 Å². The van der Waals surface area contributed by atoms with E-state index in [1.54, 1.807) is 24.3 Å². The van der Waals surface area contributed by atoms with Crippen LogP contribution in [0, 0.1) is 0 Å². The SMILES string of the molecule is O=C(N/N=C\c1ccc(OC(=O)c2ccc(Cl)cc2)cc1OC(=O)c1ccc(Cl)cc1)c1ccncc1. The van der Waals surface area contributed by atoms with Crippen LogP contribution in [0.3, 0.4) is 0 Å². The molecule has 4 rings (SSSR count). The fourth-order valence-electron chi connectivity index (χ4n) is 3.00. The number of hydrogen-bond acceptors (Lipinski definition) is 7. The minimum Gasteiger partial charge on any atom is -0.423 e. The Labute approximate surface area is 221 Å². The number of benzene rings is 3. The van der Waals surface area contributed by atoms with Crippen LogP contribution in [-0.2, 0) is 0 Å². The van der Waals surface area contributed by atoms with Gasteiger partial charge in [0.2, 0.25) is 0 Å². The molecule has 1 N–H and O–H groups in total. The van der Waals surface area contributed by atoms with Crippen molar-refractivity contribution in [3.8, 4) is 11.5 Å². The molecular formula is C27H17Cl2N3O5. The Morgan fingerprint density at radius 2 is 1.30 bits per heavy atom.